The second-order valence-electron chi connectivity index (χ2n) is 4.58. The first kappa shape index (κ1) is 14.3. The minimum atomic E-state index is -3.37. The van der Waals surface area contributed by atoms with Gasteiger partial charge < -0.3 is 5.32 Å². The minimum Gasteiger partial charge on any atom is -0.317 e. The van der Waals surface area contributed by atoms with Gasteiger partial charge in [0.1, 0.15) is 4.21 Å². The second-order valence-corrected chi connectivity index (χ2v) is 8.46. The van der Waals surface area contributed by atoms with E-state index < -0.39 is 10.0 Å². The molecular formula is C11H17ClN2O2S2. The highest BCUT2D eigenvalue weighted by molar-refractivity contribution is 7.91. The van der Waals surface area contributed by atoms with Gasteiger partial charge in [-0.05, 0) is 31.5 Å². The standard InChI is InChI=1S/C11H17ClN2O2S2/c1-8-7-14(6-5-9(8)13-2)18(15,16)11-4-3-10(12)17-11/h3-4,8-9,13H,5-7H2,1-2H3. The number of hydrogen-bond donors (Lipinski definition) is 1. The van der Waals surface area contributed by atoms with Crippen molar-refractivity contribution in [1.29, 1.82) is 0 Å². The number of rotatable bonds is 3. The summed E-state index contributed by atoms with van der Waals surface area (Å²) in [6.07, 6.45) is 0.843. The number of sulfonamides is 1. The lowest BCUT2D eigenvalue weighted by atomic mass is 9.96. The average Bonchev–Trinajstić information content (AvgIpc) is 2.76. The molecule has 18 heavy (non-hydrogen) atoms. The van der Waals surface area contributed by atoms with Crippen LogP contribution in [-0.2, 0) is 10.0 Å². The molecule has 1 aromatic heterocycles. The van der Waals surface area contributed by atoms with E-state index >= 15 is 0 Å². The Bertz CT molecular complexity index is 515. The van der Waals surface area contributed by atoms with Crippen molar-refractivity contribution in [3.05, 3.63) is 16.5 Å². The van der Waals surface area contributed by atoms with Gasteiger partial charge in [0, 0.05) is 19.1 Å². The number of thiophene rings is 1. The van der Waals surface area contributed by atoms with Crippen LogP contribution in [0.4, 0.5) is 0 Å². The van der Waals surface area contributed by atoms with Gasteiger partial charge in [0.15, 0.2) is 0 Å². The summed E-state index contributed by atoms with van der Waals surface area (Å²) in [5.74, 6) is 0.314. The molecule has 2 rings (SSSR count). The summed E-state index contributed by atoms with van der Waals surface area (Å²) >= 11 is 6.92. The Hall–Kier alpha value is -0.140. The third-order valence-corrected chi connectivity index (χ3v) is 6.95. The van der Waals surface area contributed by atoms with Gasteiger partial charge in [-0.15, -0.1) is 11.3 Å². The molecule has 1 saturated heterocycles. The van der Waals surface area contributed by atoms with Gasteiger partial charge in [0.2, 0.25) is 0 Å². The van der Waals surface area contributed by atoms with Gasteiger partial charge in [-0.3, -0.25) is 0 Å². The smallest absolute Gasteiger partial charge is 0.252 e. The summed E-state index contributed by atoms with van der Waals surface area (Å²) < 4.78 is 27.2. The maximum absolute atomic E-state index is 12.4. The molecule has 102 valence electrons. The molecule has 7 heteroatoms. The van der Waals surface area contributed by atoms with Crippen molar-refractivity contribution < 1.29 is 8.42 Å². The van der Waals surface area contributed by atoms with Gasteiger partial charge in [-0.25, -0.2) is 8.42 Å². The Balaban J connectivity index is 2.17. The third-order valence-electron chi connectivity index (χ3n) is 3.38. The summed E-state index contributed by atoms with van der Waals surface area (Å²) in [7, 11) is -1.45. The molecule has 0 saturated carbocycles. The number of nitrogens with zero attached hydrogens (tertiary/aromatic N) is 1. The number of hydrogen-bond acceptors (Lipinski definition) is 4. The Labute approximate surface area is 117 Å². The molecule has 2 heterocycles. The van der Waals surface area contributed by atoms with Gasteiger partial charge in [0.05, 0.1) is 4.34 Å². The predicted molar refractivity (Wildman–Crippen MR) is 74.7 cm³/mol. The fourth-order valence-electron chi connectivity index (χ4n) is 2.32. The number of halogens is 1. The summed E-state index contributed by atoms with van der Waals surface area (Å²) in [6, 6.07) is 3.60. The van der Waals surface area contributed by atoms with Crippen molar-refractivity contribution in [2.24, 2.45) is 5.92 Å². The molecule has 2 atom stereocenters. The predicted octanol–water partition coefficient (Wildman–Crippen LogP) is 2.02. The zero-order valence-electron chi connectivity index (χ0n) is 10.4. The Morgan fingerprint density at radius 2 is 2.22 bits per heavy atom. The van der Waals surface area contributed by atoms with Crippen molar-refractivity contribution in [2.45, 2.75) is 23.6 Å². The van der Waals surface area contributed by atoms with Crippen LogP contribution >= 0.6 is 22.9 Å². The third kappa shape index (κ3) is 2.72. The molecule has 4 nitrogen and oxygen atoms in total. The van der Waals surface area contributed by atoms with Gasteiger partial charge >= 0.3 is 0 Å². The minimum absolute atomic E-state index is 0.314. The average molecular weight is 309 g/mol. The summed E-state index contributed by atoms with van der Waals surface area (Å²) in [5.41, 5.74) is 0. The van der Waals surface area contributed by atoms with Crippen molar-refractivity contribution in [2.75, 3.05) is 20.1 Å². The van der Waals surface area contributed by atoms with Crippen LogP contribution in [0.1, 0.15) is 13.3 Å². The van der Waals surface area contributed by atoms with Crippen molar-refractivity contribution in [3.63, 3.8) is 0 Å². The maximum Gasteiger partial charge on any atom is 0.252 e. The Kier molecular flexibility index (Phi) is 4.33. The van der Waals surface area contributed by atoms with Gasteiger partial charge in [-0.2, -0.15) is 4.31 Å². The SMILES string of the molecule is CNC1CCN(S(=O)(=O)c2ccc(Cl)s2)CC1C. The zero-order valence-corrected chi connectivity index (χ0v) is 12.8. The highest BCUT2D eigenvalue weighted by atomic mass is 35.5. The summed E-state index contributed by atoms with van der Waals surface area (Å²) in [4.78, 5) is 0. The molecule has 0 aromatic carbocycles. The molecular weight excluding hydrogens is 292 g/mol. The summed E-state index contributed by atoms with van der Waals surface area (Å²) in [5, 5.41) is 3.23. The van der Waals surface area contributed by atoms with Gasteiger partial charge in [-0.1, -0.05) is 18.5 Å². The van der Waals surface area contributed by atoms with E-state index in [0.717, 1.165) is 17.8 Å². The molecule has 1 N–H and O–H groups in total. The largest absolute Gasteiger partial charge is 0.317 e. The zero-order chi connectivity index (χ0) is 13.3. The second kappa shape index (κ2) is 5.46. The highest BCUT2D eigenvalue weighted by Crippen LogP contribution is 2.30. The van der Waals surface area contributed by atoms with E-state index in [1.165, 1.54) is 0 Å². The molecule has 1 aliphatic heterocycles. The molecule has 1 aliphatic rings. The fourth-order valence-corrected chi connectivity index (χ4v) is 5.51. The number of piperidine rings is 1. The van der Waals surface area contributed by atoms with Crippen LogP contribution in [0.5, 0.6) is 0 Å². The lowest BCUT2D eigenvalue weighted by Crippen LogP contribution is -2.48. The molecule has 0 radical (unpaired) electrons. The Morgan fingerprint density at radius 1 is 1.50 bits per heavy atom. The Morgan fingerprint density at radius 3 is 2.72 bits per heavy atom. The van der Waals surface area contributed by atoms with Crippen molar-refractivity contribution >= 4 is 33.0 Å². The van der Waals surface area contributed by atoms with Crippen molar-refractivity contribution in [1.82, 2.24) is 9.62 Å². The van der Waals surface area contributed by atoms with Crippen LogP contribution in [0.25, 0.3) is 0 Å². The molecule has 1 aromatic rings. The van der Waals surface area contributed by atoms with E-state index in [4.69, 9.17) is 11.6 Å². The number of nitrogens with one attached hydrogen (secondary N) is 1. The molecule has 0 aliphatic carbocycles. The molecule has 0 bridgehead atoms. The topological polar surface area (TPSA) is 49.4 Å². The first-order valence-corrected chi connectivity index (χ1v) is 8.51. The van der Waals surface area contributed by atoms with Crippen LogP contribution in [0, 0.1) is 5.92 Å². The first-order valence-electron chi connectivity index (χ1n) is 5.88. The van der Waals surface area contributed by atoms with Crippen LogP contribution in [0.2, 0.25) is 4.34 Å². The molecule has 2 unspecified atom stereocenters. The quantitative estimate of drug-likeness (QED) is 0.929. The van der Waals surface area contributed by atoms with E-state index in [1.807, 2.05) is 7.05 Å². The van der Waals surface area contributed by atoms with Crippen LogP contribution in [0.3, 0.4) is 0 Å². The van der Waals surface area contributed by atoms with E-state index in [0.29, 0.717) is 33.6 Å². The van der Waals surface area contributed by atoms with Crippen LogP contribution in [-0.4, -0.2) is 38.9 Å². The fraction of sp³-hybridized carbons (Fsp3) is 0.636. The maximum atomic E-state index is 12.4. The van der Waals surface area contributed by atoms with Crippen LogP contribution in [0.15, 0.2) is 16.3 Å². The monoisotopic (exact) mass is 308 g/mol. The highest BCUT2D eigenvalue weighted by Gasteiger charge is 2.33. The lowest BCUT2D eigenvalue weighted by molar-refractivity contribution is 0.228. The van der Waals surface area contributed by atoms with E-state index in [1.54, 1.807) is 16.4 Å². The first-order chi connectivity index (χ1) is 8.45. The lowest BCUT2D eigenvalue weighted by Gasteiger charge is -2.35. The molecule has 0 amide bonds. The molecule has 0 spiro atoms. The van der Waals surface area contributed by atoms with E-state index in [2.05, 4.69) is 12.2 Å². The van der Waals surface area contributed by atoms with Gasteiger partial charge in [0.25, 0.3) is 10.0 Å². The summed E-state index contributed by atoms with van der Waals surface area (Å²) in [6.45, 7) is 3.20. The molecule has 1 fully saturated rings. The van der Waals surface area contributed by atoms with Crippen LogP contribution < -0.4 is 5.32 Å². The normalized spacial score (nSPS) is 26.4. The van der Waals surface area contributed by atoms with E-state index in [9.17, 15) is 8.42 Å². The van der Waals surface area contributed by atoms with Crippen molar-refractivity contribution in [3.8, 4) is 0 Å². The van der Waals surface area contributed by atoms with E-state index in [-0.39, 0.29) is 0 Å².